The molecule has 0 radical (unpaired) electrons. The first-order valence-electron chi connectivity index (χ1n) is 6.08. The zero-order chi connectivity index (χ0) is 12.4. The molecule has 0 aromatic rings. The van der Waals surface area contributed by atoms with Gasteiger partial charge in [0.15, 0.2) is 0 Å². The van der Waals surface area contributed by atoms with Crippen molar-refractivity contribution >= 4 is 5.91 Å². The van der Waals surface area contributed by atoms with E-state index in [9.17, 15) is 4.79 Å². The number of carbonyl (C=O) groups excluding carboxylic acids is 1. The van der Waals surface area contributed by atoms with Gasteiger partial charge >= 0.3 is 0 Å². The van der Waals surface area contributed by atoms with Gasteiger partial charge < -0.3 is 15.1 Å². The van der Waals surface area contributed by atoms with Crippen LogP contribution in [0, 0.1) is 0 Å². The molecular formula is C12H27N3O. The second-order valence-corrected chi connectivity index (χ2v) is 4.77. The van der Waals surface area contributed by atoms with Gasteiger partial charge in [-0.2, -0.15) is 0 Å². The molecule has 96 valence electrons. The average molecular weight is 229 g/mol. The molecule has 16 heavy (non-hydrogen) atoms. The van der Waals surface area contributed by atoms with Gasteiger partial charge in [-0.1, -0.05) is 0 Å². The van der Waals surface area contributed by atoms with Crippen LogP contribution in [0.5, 0.6) is 0 Å². The van der Waals surface area contributed by atoms with E-state index in [1.54, 1.807) is 0 Å². The molecular weight excluding hydrogens is 202 g/mol. The fourth-order valence-corrected chi connectivity index (χ4v) is 1.43. The molecule has 0 saturated heterocycles. The maximum absolute atomic E-state index is 11.4. The molecule has 0 rings (SSSR count). The van der Waals surface area contributed by atoms with Crippen molar-refractivity contribution in [2.45, 2.75) is 25.7 Å². The summed E-state index contributed by atoms with van der Waals surface area (Å²) >= 11 is 0. The molecule has 4 heteroatoms. The highest BCUT2D eigenvalue weighted by atomic mass is 16.1. The van der Waals surface area contributed by atoms with E-state index in [4.69, 9.17) is 0 Å². The summed E-state index contributed by atoms with van der Waals surface area (Å²) in [5.41, 5.74) is 0. The van der Waals surface area contributed by atoms with Crippen molar-refractivity contribution in [1.82, 2.24) is 15.1 Å². The lowest BCUT2D eigenvalue weighted by Crippen LogP contribution is -2.27. The number of nitrogens with one attached hydrogen (secondary N) is 1. The van der Waals surface area contributed by atoms with E-state index in [-0.39, 0.29) is 5.91 Å². The van der Waals surface area contributed by atoms with Crippen molar-refractivity contribution in [2.75, 3.05) is 47.8 Å². The third kappa shape index (κ3) is 11.5. The average Bonchev–Trinajstić information content (AvgIpc) is 2.19. The largest absolute Gasteiger partial charge is 0.356 e. The summed E-state index contributed by atoms with van der Waals surface area (Å²) in [5.74, 6) is 0.192. The van der Waals surface area contributed by atoms with Crippen LogP contribution in [0.4, 0.5) is 0 Å². The number of amides is 1. The van der Waals surface area contributed by atoms with Crippen LogP contribution >= 0.6 is 0 Å². The summed E-state index contributed by atoms with van der Waals surface area (Å²) < 4.78 is 0. The Morgan fingerprint density at radius 1 is 0.938 bits per heavy atom. The first kappa shape index (κ1) is 15.4. The van der Waals surface area contributed by atoms with Crippen LogP contribution in [-0.2, 0) is 4.79 Å². The molecule has 0 aliphatic rings. The lowest BCUT2D eigenvalue weighted by atomic mass is 10.2. The number of hydrogen-bond donors (Lipinski definition) is 1. The number of hydrogen-bond acceptors (Lipinski definition) is 3. The Bertz CT molecular complexity index is 163. The first-order chi connectivity index (χ1) is 7.52. The van der Waals surface area contributed by atoms with E-state index in [0.29, 0.717) is 6.42 Å². The molecule has 4 nitrogen and oxygen atoms in total. The topological polar surface area (TPSA) is 35.6 Å². The zero-order valence-electron chi connectivity index (χ0n) is 11.3. The summed E-state index contributed by atoms with van der Waals surface area (Å²) in [4.78, 5) is 15.7. The molecule has 0 spiro atoms. The van der Waals surface area contributed by atoms with Crippen LogP contribution in [0.3, 0.4) is 0 Å². The Morgan fingerprint density at radius 3 is 2.06 bits per heavy atom. The van der Waals surface area contributed by atoms with Crippen LogP contribution in [-0.4, -0.2) is 63.5 Å². The lowest BCUT2D eigenvalue weighted by molar-refractivity contribution is -0.121. The highest BCUT2D eigenvalue weighted by Gasteiger charge is 2.00. The normalized spacial score (nSPS) is 11.1. The third-order valence-electron chi connectivity index (χ3n) is 2.36. The van der Waals surface area contributed by atoms with E-state index in [2.05, 4.69) is 29.2 Å². The summed E-state index contributed by atoms with van der Waals surface area (Å²) in [6, 6.07) is 0. The SMILES string of the molecule is CN(C)CCCCC(=O)NCCCN(C)C. The maximum Gasteiger partial charge on any atom is 0.219 e. The van der Waals surface area contributed by atoms with Crippen molar-refractivity contribution < 1.29 is 4.79 Å². The molecule has 0 fully saturated rings. The summed E-state index contributed by atoms with van der Waals surface area (Å²) in [6.07, 6.45) is 3.77. The van der Waals surface area contributed by atoms with Crippen LogP contribution < -0.4 is 5.32 Å². The van der Waals surface area contributed by atoms with Gasteiger partial charge in [0.2, 0.25) is 5.91 Å². The van der Waals surface area contributed by atoms with Crippen molar-refractivity contribution in [3.63, 3.8) is 0 Å². The first-order valence-corrected chi connectivity index (χ1v) is 6.08. The van der Waals surface area contributed by atoms with Crippen LogP contribution in [0.2, 0.25) is 0 Å². The van der Waals surface area contributed by atoms with Crippen molar-refractivity contribution in [3.05, 3.63) is 0 Å². The molecule has 0 atom stereocenters. The summed E-state index contributed by atoms with van der Waals surface area (Å²) in [7, 11) is 8.20. The molecule has 0 heterocycles. The smallest absolute Gasteiger partial charge is 0.219 e. The predicted molar refractivity (Wildman–Crippen MR) is 68.6 cm³/mol. The third-order valence-corrected chi connectivity index (χ3v) is 2.36. The molecule has 0 unspecified atom stereocenters. The molecule has 0 aromatic heterocycles. The predicted octanol–water partition coefficient (Wildman–Crippen LogP) is 0.786. The Hall–Kier alpha value is -0.610. The molecule has 0 aromatic carbocycles. The van der Waals surface area contributed by atoms with Crippen molar-refractivity contribution in [3.8, 4) is 0 Å². The Morgan fingerprint density at radius 2 is 1.50 bits per heavy atom. The van der Waals surface area contributed by atoms with Crippen LogP contribution in [0.25, 0.3) is 0 Å². The number of unbranched alkanes of at least 4 members (excludes halogenated alkanes) is 1. The van der Waals surface area contributed by atoms with E-state index in [1.165, 1.54) is 0 Å². The lowest BCUT2D eigenvalue weighted by Gasteiger charge is -2.10. The summed E-state index contributed by atoms with van der Waals surface area (Å²) in [6.45, 7) is 2.89. The van der Waals surface area contributed by atoms with Gasteiger partial charge in [0.1, 0.15) is 0 Å². The van der Waals surface area contributed by atoms with E-state index in [1.807, 2.05) is 14.1 Å². The van der Waals surface area contributed by atoms with Gasteiger partial charge in [-0.15, -0.1) is 0 Å². The standard InChI is InChI=1S/C12H27N3O/c1-14(2)10-6-5-8-12(16)13-9-7-11-15(3)4/h5-11H2,1-4H3,(H,13,16). The van der Waals surface area contributed by atoms with Crippen LogP contribution in [0.15, 0.2) is 0 Å². The molecule has 0 bridgehead atoms. The fraction of sp³-hybridized carbons (Fsp3) is 0.917. The number of nitrogens with zero attached hydrogens (tertiary/aromatic N) is 2. The molecule has 0 saturated carbocycles. The van der Waals surface area contributed by atoms with Crippen molar-refractivity contribution in [2.24, 2.45) is 0 Å². The highest BCUT2D eigenvalue weighted by molar-refractivity contribution is 5.75. The van der Waals surface area contributed by atoms with Gasteiger partial charge in [-0.25, -0.2) is 0 Å². The maximum atomic E-state index is 11.4. The zero-order valence-corrected chi connectivity index (χ0v) is 11.3. The van der Waals surface area contributed by atoms with Gasteiger partial charge in [0.05, 0.1) is 0 Å². The quantitative estimate of drug-likeness (QED) is 0.594. The summed E-state index contributed by atoms with van der Waals surface area (Å²) in [5, 5.41) is 2.95. The van der Waals surface area contributed by atoms with Gasteiger partial charge in [-0.05, 0) is 60.5 Å². The molecule has 0 aliphatic carbocycles. The molecule has 1 amide bonds. The molecule has 1 N–H and O–H groups in total. The Balaban J connectivity index is 3.25. The minimum atomic E-state index is 0.192. The van der Waals surface area contributed by atoms with Crippen LogP contribution in [0.1, 0.15) is 25.7 Å². The monoisotopic (exact) mass is 229 g/mol. The van der Waals surface area contributed by atoms with E-state index in [0.717, 1.165) is 38.9 Å². The van der Waals surface area contributed by atoms with Gasteiger partial charge in [0.25, 0.3) is 0 Å². The highest BCUT2D eigenvalue weighted by Crippen LogP contribution is 1.96. The fourth-order valence-electron chi connectivity index (χ4n) is 1.43. The minimum Gasteiger partial charge on any atom is -0.356 e. The van der Waals surface area contributed by atoms with Gasteiger partial charge in [-0.3, -0.25) is 4.79 Å². The minimum absolute atomic E-state index is 0.192. The Labute approximate surface area is 100.0 Å². The second-order valence-electron chi connectivity index (χ2n) is 4.77. The number of rotatable bonds is 9. The number of carbonyl (C=O) groups is 1. The second kappa shape index (κ2) is 9.60. The van der Waals surface area contributed by atoms with Gasteiger partial charge in [0, 0.05) is 13.0 Å². The van der Waals surface area contributed by atoms with E-state index >= 15 is 0 Å². The Kier molecular flexibility index (Phi) is 9.24. The van der Waals surface area contributed by atoms with E-state index < -0.39 is 0 Å². The van der Waals surface area contributed by atoms with Crippen molar-refractivity contribution in [1.29, 1.82) is 0 Å². The molecule has 0 aliphatic heterocycles.